The number of benzene rings is 1. The topological polar surface area (TPSA) is 46.2 Å². The van der Waals surface area contributed by atoms with E-state index in [4.69, 9.17) is 11.6 Å². The van der Waals surface area contributed by atoms with Crippen LogP contribution in [0.5, 0.6) is 0 Å². The molecule has 3 nitrogen and oxygen atoms in total. The van der Waals surface area contributed by atoms with Crippen LogP contribution in [0.4, 0.5) is 8.78 Å². The molecule has 0 radical (unpaired) electrons. The summed E-state index contributed by atoms with van der Waals surface area (Å²) in [6, 6.07) is 2.54. The van der Waals surface area contributed by atoms with Crippen molar-refractivity contribution in [3.8, 4) is 0 Å². The fourth-order valence-corrected chi connectivity index (χ4v) is 4.17. The van der Waals surface area contributed by atoms with E-state index in [1.807, 2.05) is 0 Å². The summed E-state index contributed by atoms with van der Waals surface area (Å²) < 4.78 is 52.8. The molecule has 0 bridgehead atoms. The van der Waals surface area contributed by atoms with Gasteiger partial charge in [0.2, 0.25) is 10.0 Å². The molecular formula is C14H18ClF2NO2S. The quantitative estimate of drug-likeness (QED) is 0.837. The predicted molar refractivity (Wildman–Crippen MR) is 77.8 cm³/mol. The third-order valence-corrected chi connectivity index (χ3v) is 6.00. The average molecular weight is 338 g/mol. The van der Waals surface area contributed by atoms with E-state index >= 15 is 0 Å². The van der Waals surface area contributed by atoms with Gasteiger partial charge in [-0.2, -0.15) is 0 Å². The molecule has 0 aliphatic heterocycles. The number of alkyl halides is 1. The number of halogens is 3. The fraction of sp³-hybridized carbons (Fsp3) is 0.571. The average Bonchev–Trinajstić information content (AvgIpc) is 2.49. The zero-order valence-electron chi connectivity index (χ0n) is 11.5. The Morgan fingerprint density at radius 2 is 1.81 bits per heavy atom. The van der Waals surface area contributed by atoms with Crippen LogP contribution in [-0.4, -0.2) is 20.8 Å². The summed E-state index contributed by atoms with van der Waals surface area (Å²) >= 11 is 6.01. The minimum atomic E-state index is -3.86. The van der Waals surface area contributed by atoms with E-state index in [0.717, 1.165) is 44.2 Å². The number of nitrogens with one attached hydrogen (secondary N) is 1. The maximum atomic E-state index is 13.2. The molecule has 21 heavy (non-hydrogen) atoms. The lowest BCUT2D eigenvalue weighted by molar-refractivity contribution is 0.223. The third kappa shape index (κ3) is 3.93. The second-order valence-electron chi connectivity index (χ2n) is 5.59. The Morgan fingerprint density at radius 1 is 1.14 bits per heavy atom. The summed E-state index contributed by atoms with van der Waals surface area (Å²) in [5.74, 6) is -1.87. The molecule has 1 N–H and O–H groups in total. The van der Waals surface area contributed by atoms with E-state index in [9.17, 15) is 17.2 Å². The highest BCUT2D eigenvalue weighted by Gasteiger charge is 2.32. The Hall–Kier alpha value is -0.720. The van der Waals surface area contributed by atoms with Crippen molar-refractivity contribution in [1.29, 1.82) is 0 Å². The number of sulfonamides is 1. The van der Waals surface area contributed by atoms with Crippen molar-refractivity contribution in [3.05, 3.63) is 29.8 Å². The van der Waals surface area contributed by atoms with Crippen molar-refractivity contribution >= 4 is 21.6 Å². The van der Waals surface area contributed by atoms with Gasteiger partial charge in [-0.3, -0.25) is 0 Å². The molecule has 1 saturated carbocycles. The summed E-state index contributed by atoms with van der Waals surface area (Å²) in [4.78, 5) is -0.276. The second-order valence-corrected chi connectivity index (χ2v) is 7.63. The first-order chi connectivity index (χ1) is 9.88. The maximum Gasteiger partial charge on any atom is 0.240 e. The Bertz CT molecular complexity index is 601. The zero-order chi connectivity index (χ0) is 15.5. The molecule has 0 atom stereocenters. The van der Waals surface area contributed by atoms with Crippen molar-refractivity contribution in [3.63, 3.8) is 0 Å². The van der Waals surface area contributed by atoms with E-state index in [2.05, 4.69) is 4.72 Å². The van der Waals surface area contributed by atoms with Gasteiger partial charge in [0.05, 0.1) is 4.90 Å². The van der Waals surface area contributed by atoms with Crippen molar-refractivity contribution in [2.75, 3.05) is 12.4 Å². The van der Waals surface area contributed by atoms with Crippen molar-refractivity contribution < 1.29 is 17.2 Å². The summed E-state index contributed by atoms with van der Waals surface area (Å²) in [5, 5.41) is 0. The summed E-state index contributed by atoms with van der Waals surface area (Å²) in [6.45, 7) is 0.220. The molecular weight excluding hydrogens is 320 g/mol. The molecule has 0 spiro atoms. The molecule has 7 heteroatoms. The third-order valence-electron chi connectivity index (χ3n) is 4.04. The van der Waals surface area contributed by atoms with Crippen molar-refractivity contribution in [2.24, 2.45) is 5.41 Å². The van der Waals surface area contributed by atoms with Crippen LogP contribution in [0.2, 0.25) is 0 Å². The molecule has 1 aliphatic carbocycles. The van der Waals surface area contributed by atoms with Crippen LogP contribution in [0.25, 0.3) is 0 Å². The first kappa shape index (κ1) is 16.6. The van der Waals surface area contributed by atoms with Gasteiger partial charge in [-0.15, -0.1) is 11.6 Å². The summed E-state index contributed by atoms with van der Waals surface area (Å²) in [5.41, 5.74) is -0.245. The molecule has 118 valence electrons. The van der Waals surface area contributed by atoms with Gasteiger partial charge >= 0.3 is 0 Å². The molecule has 0 saturated heterocycles. The van der Waals surface area contributed by atoms with Gasteiger partial charge in [0.15, 0.2) is 11.6 Å². The number of hydrogen-bond donors (Lipinski definition) is 1. The number of hydrogen-bond acceptors (Lipinski definition) is 2. The Kier molecular flexibility index (Phi) is 5.22. The van der Waals surface area contributed by atoms with Gasteiger partial charge in [-0.05, 0) is 36.5 Å². The molecule has 1 aromatic carbocycles. The summed E-state index contributed by atoms with van der Waals surface area (Å²) in [6.07, 6.45) is 4.93. The van der Waals surface area contributed by atoms with Gasteiger partial charge in [0.25, 0.3) is 0 Å². The van der Waals surface area contributed by atoms with Gasteiger partial charge in [0.1, 0.15) is 0 Å². The molecule has 0 heterocycles. The highest BCUT2D eigenvalue weighted by atomic mass is 35.5. The fourth-order valence-electron chi connectivity index (χ4n) is 2.63. The Balaban J connectivity index is 2.11. The molecule has 1 fully saturated rings. The highest BCUT2D eigenvalue weighted by molar-refractivity contribution is 7.89. The molecule has 0 aromatic heterocycles. The van der Waals surface area contributed by atoms with E-state index in [1.165, 1.54) is 0 Å². The second kappa shape index (κ2) is 6.58. The largest absolute Gasteiger partial charge is 0.240 e. The van der Waals surface area contributed by atoms with E-state index in [0.29, 0.717) is 11.9 Å². The van der Waals surface area contributed by atoms with Crippen LogP contribution in [0.1, 0.15) is 32.1 Å². The van der Waals surface area contributed by atoms with Crippen molar-refractivity contribution in [1.82, 2.24) is 4.72 Å². The van der Waals surface area contributed by atoms with Gasteiger partial charge in [-0.25, -0.2) is 21.9 Å². The summed E-state index contributed by atoms with van der Waals surface area (Å²) in [7, 11) is -3.86. The minimum absolute atomic E-state index is 0.220. The smallest absolute Gasteiger partial charge is 0.211 e. The SMILES string of the molecule is O=S(=O)(NCC1(CCl)CCCCC1)c1ccc(F)c(F)c1. The molecule has 2 rings (SSSR count). The monoisotopic (exact) mass is 337 g/mol. The lowest BCUT2D eigenvalue weighted by Gasteiger charge is -2.35. The van der Waals surface area contributed by atoms with Gasteiger partial charge in [-0.1, -0.05) is 19.3 Å². The number of rotatable bonds is 5. The first-order valence-corrected chi connectivity index (χ1v) is 8.91. The lowest BCUT2D eigenvalue weighted by atomic mass is 9.76. The van der Waals surface area contributed by atoms with Crippen LogP contribution >= 0.6 is 11.6 Å². The molecule has 0 amide bonds. The maximum absolute atomic E-state index is 13.2. The Morgan fingerprint density at radius 3 is 2.38 bits per heavy atom. The molecule has 0 unspecified atom stereocenters. The van der Waals surface area contributed by atoms with E-state index in [-0.39, 0.29) is 16.9 Å². The zero-order valence-corrected chi connectivity index (χ0v) is 13.1. The van der Waals surface area contributed by atoms with Crippen LogP contribution < -0.4 is 4.72 Å². The standard InChI is InChI=1S/C14H18ClF2NO2S/c15-9-14(6-2-1-3-7-14)10-18-21(19,20)11-4-5-12(16)13(17)8-11/h4-5,8,18H,1-3,6-7,9-10H2. The van der Waals surface area contributed by atoms with Crippen LogP contribution in [0.15, 0.2) is 23.1 Å². The molecule has 1 aromatic rings. The van der Waals surface area contributed by atoms with Gasteiger partial charge < -0.3 is 0 Å². The molecule has 1 aliphatic rings. The normalized spacial score (nSPS) is 18.6. The first-order valence-electron chi connectivity index (χ1n) is 6.89. The lowest BCUT2D eigenvalue weighted by Crippen LogP contribution is -2.40. The van der Waals surface area contributed by atoms with Crippen LogP contribution in [0, 0.1) is 17.0 Å². The van der Waals surface area contributed by atoms with Crippen LogP contribution in [0.3, 0.4) is 0 Å². The minimum Gasteiger partial charge on any atom is -0.211 e. The Labute approximate surface area is 128 Å². The van der Waals surface area contributed by atoms with E-state index < -0.39 is 21.7 Å². The predicted octanol–water partition coefficient (Wildman–Crippen LogP) is 3.43. The van der Waals surface area contributed by atoms with Gasteiger partial charge in [0, 0.05) is 12.4 Å². The van der Waals surface area contributed by atoms with Crippen LogP contribution in [-0.2, 0) is 10.0 Å². The highest BCUT2D eigenvalue weighted by Crippen LogP contribution is 2.37. The van der Waals surface area contributed by atoms with Crippen molar-refractivity contribution in [2.45, 2.75) is 37.0 Å². The van der Waals surface area contributed by atoms with E-state index in [1.54, 1.807) is 0 Å².